The van der Waals surface area contributed by atoms with Crippen LogP contribution in [0, 0.1) is 0 Å². The van der Waals surface area contributed by atoms with Gasteiger partial charge in [-0.1, -0.05) is 29.8 Å². The molecule has 1 unspecified atom stereocenters. The fourth-order valence-corrected chi connectivity index (χ4v) is 2.92. The first-order valence-electron chi connectivity index (χ1n) is 6.42. The number of hydrogen-bond acceptors (Lipinski definition) is 2. The summed E-state index contributed by atoms with van der Waals surface area (Å²) in [5.41, 5.74) is 3.16. The normalized spacial score (nSPS) is 14.6. The van der Waals surface area contributed by atoms with E-state index in [1.807, 2.05) is 24.3 Å². The first kappa shape index (κ1) is 13.6. The van der Waals surface area contributed by atoms with Crippen molar-refractivity contribution in [2.24, 2.45) is 0 Å². The lowest BCUT2D eigenvalue weighted by atomic mass is 10.0. The summed E-state index contributed by atoms with van der Waals surface area (Å²) in [7, 11) is 1.62. The second-order valence-corrected chi connectivity index (χ2v) is 5.59. The smallest absolute Gasteiger partial charge is 0.125 e. The predicted molar refractivity (Wildman–Crippen MR) is 81.3 cm³/mol. The Morgan fingerprint density at radius 3 is 2.85 bits per heavy atom. The minimum atomic E-state index is -0.270. The van der Waals surface area contributed by atoms with Crippen LogP contribution in [0.15, 0.2) is 36.4 Å². The van der Waals surface area contributed by atoms with E-state index < -0.39 is 0 Å². The SMILES string of the molecule is COc1cc(Cl)ccc1C(Cl)c1ccc2c(c1)CCO2. The Hall–Kier alpha value is -1.38. The molecule has 0 radical (unpaired) electrons. The van der Waals surface area contributed by atoms with Crippen LogP contribution in [0.3, 0.4) is 0 Å². The molecule has 1 heterocycles. The van der Waals surface area contributed by atoms with Gasteiger partial charge in [-0.2, -0.15) is 0 Å². The third kappa shape index (κ3) is 2.46. The molecule has 0 aliphatic carbocycles. The number of hydrogen-bond donors (Lipinski definition) is 0. The Balaban J connectivity index is 1.98. The summed E-state index contributed by atoms with van der Waals surface area (Å²) in [5, 5.41) is 0.366. The molecule has 20 heavy (non-hydrogen) atoms. The molecule has 0 saturated carbocycles. The topological polar surface area (TPSA) is 18.5 Å². The molecule has 3 rings (SSSR count). The van der Waals surface area contributed by atoms with Crippen molar-refractivity contribution in [3.05, 3.63) is 58.1 Å². The van der Waals surface area contributed by atoms with Crippen molar-refractivity contribution >= 4 is 23.2 Å². The van der Waals surface area contributed by atoms with Crippen LogP contribution < -0.4 is 9.47 Å². The Morgan fingerprint density at radius 2 is 2.05 bits per heavy atom. The molecule has 0 aromatic heterocycles. The summed E-state index contributed by atoms with van der Waals surface area (Å²) < 4.78 is 10.9. The summed E-state index contributed by atoms with van der Waals surface area (Å²) >= 11 is 12.6. The standard InChI is InChI=1S/C16H14Cl2O2/c1-19-15-9-12(17)3-4-13(15)16(18)11-2-5-14-10(8-11)6-7-20-14/h2-5,8-9,16H,6-7H2,1H3. The highest BCUT2D eigenvalue weighted by atomic mass is 35.5. The van der Waals surface area contributed by atoms with Gasteiger partial charge in [-0.15, -0.1) is 11.6 Å². The van der Waals surface area contributed by atoms with Gasteiger partial charge in [0.15, 0.2) is 0 Å². The summed E-state index contributed by atoms with van der Waals surface area (Å²) in [4.78, 5) is 0. The molecule has 1 aliphatic heterocycles. The Morgan fingerprint density at radius 1 is 1.20 bits per heavy atom. The first-order chi connectivity index (χ1) is 9.69. The molecule has 1 atom stereocenters. The van der Waals surface area contributed by atoms with Crippen molar-refractivity contribution in [2.75, 3.05) is 13.7 Å². The third-order valence-electron chi connectivity index (χ3n) is 3.47. The van der Waals surface area contributed by atoms with E-state index in [1.165, 1.54) is 5.56 Å². The Kier molecular flexibility index (Phi) is 3.77. The molecule has 1 aliphatic rings. The molecule has 0 amide bonds. The number of halogens is 2. The van der Waals surface area contributed by atoms with E-state index in [4.69, 9.17) is 32.7 Å². The van der Waals surface area contributed by atoms with Gasteiger partial charge in [-0.3, -0.25) is 0 Å². The molecule has 0 saturated heterocycles. The number of fused-ring (bicyclic) bond motifs is 1. The molecule has 2 aromatic carbocycles. The Labute approximate surface area is 128 Å². The summed E-state index contributed by atoms with van der Waals surface area (Å²) in [6.07, 6.45) is 0.935. The fourth-order valence-electron chi connectivity index (χ4n) is 2.44. The molecule has 0 N–H and O–H groups in total. The highest BCUT2D eigenvalue weighted by Crippen LogP contribution is 2.38. The molecular weight excluding hydrogens is 295 g/mol. The molecule has 4 heteroatoms. The van der Waals surface area contributed by atoms with Crippen LogP contribution in [0.5, 0.6) is 11.5 Å². The zero-order chi connectivity index (χ0) is 14.1. The van der Waals surface area contributed by atoms with E-state index in [9.17, 15) is 0 Å². The lowest BCUT2D eigenvalue weighted by molar-refractivity contribution is 0.357. The zero-order valence-corrected chi connectivity index (χ0v) is 12.5. The zero-order valence-electron chi connectivity index (χ0n) is 11.0. The van der Waals surface area contributed by atoms with Crippen LogP contribution >= 0.6 is 23.2 Å². The van der Waals surface area contributed by atoms with Gasteiger partial charge in [-0.05, 0) is 29.3 Å². The highest BCUT2D eigenvalue weighted by molar-refractivity contribution is 6.30. The van der Waals surface area contributed by atoms with Gasteiger partial charge in [0.05, 0.1) is 19.1 Å². The second-order valence-electron chi connectivity index (χ2n) is 4.71. The molecular formula is C16H14Cl2O2. The molecule has 0 bridgehead atoms. The maximum atomic E-state index is 6.61. The van der Waals surface area contributed by atoms with E-state index in [0.717, 1.165) is 29.9 Å². The van der Waals surface area contributed by atoms with Gasteiger partial charge in [-0.25, -0.2) is 0 Å². The second kappa shape index (κ2) is 5.55. The van der Waals surface area contributed by atoms with Crippen molar-refractivity contribution in [3.63, 3.8) is 0 Å². The number of methoxy groups -OCH3 is 1. The minimum absolute atomic E-state index is 0.270. The lowest BCUT2D eigenvalue weighted by Gasteiger charge is -2.15. The Bertz CT molecular complexity index is 640. The predicted octanol–water partition coefficient (Wildman–Crippen LogP) is 4.61. The van der Waals surface area contributed by atoms with Crippen molar-refractivity contribution in [1.82, 2.24) is 0 Å². The largest absolute Gasteiger partial charge is 0.496 e. The average molecular weight is 309 g/mol. The van der Waals surface area contributed by atoms with Gasteiger partial charge >= 0.3 is 0 Å². The summed E-state index contributed by atoms with van der Waals surface area (Å²) in [6.45, 7) is 0.746. The number of alkyl halides is 1. The maximum Gasteiger partial charge on any atom is 0.125 e. The number of ether oxygens (including phenoxy) is 2. The van der Waals surface area contributed by atoms with E-state index >= 15 is 0 Å². The van der Waals surface area contributed by atoms with Crippen LogP contribution in [-0.2, 0) is 6.42 Å². The summed E-state index contributed by atoms with van der Waals surface area (Å²) in [5.74, 6) is 1.66. The van der Waals surface area contributed by atoms with E-state index in [2.05, 4.69) is 6.07 Å². The number of rotatable bonds is 3. The minimum Gasteiger partial charge on any atom is -0.496 e. The molecule has 0 spiro atoms. The lowest BCUT2D eigenvalue weighted by Crippen LogP contribution is -1.98. The molecule has 2 aromatic rings. The van der Waals surface area contributed by atoms with Crippen molar-refractivity contribution in [1.29, 1.82) is 0 Å². The fraction of sp³-hybridized carbons (Fsp3) is 0.250. The van der Waals surface area contributed by atoms with Gasteiger partial charge in [0, 0.05) is 17.0 Å². The van der Waals surface area contributed by atoms with Gasteiger partial charge in [0.1, 0.15) is 11.5 Å². The molecule has 104 valence electrons. The van der Waals surface area contributed by atoms with Gasteiger partial charge in [0.25, 0.3) is 0 Å². The van der Waals surface area contributed by atoms with E-state index in [1.54, 1.807) is 13.2 Å². The van der Waals surface area contributed by atoms with Crippen LogP contribution in [0.1, 0.15) is 22.1 Å². The summed E-state index contributed by atoms with van der Waals surface area (Å²) in [6, 6.07) is 11.6. The van der Waals surface area contributed by atoms with Crippen molar-refractivity contribution in [3.8, 4) is 11.5 Å². The number of benzene rings is 2. The maximum absolute atomic E-state index is 6.61. The van der Waals surface area contributed by atoms with Gasteiger partial charge in [0.2, 0.25) is 0 Å². The monoisotopic (exact) mass is 308 g/mol. The van der Waals surface area contributed by atoms with Crippen LogP contribution in [0.4, 0.5) is 0 Å². The van der Waals surface area contributed by atoms with E-state index in [-0.39, 0.29) is 5.38 Å². The van der Waals surface area contributed by atoms with E-state index in [0.29, 0.717) is 10.8 Å². The van der Waals surface area contributed by atoms with Crippen molar-refractivity contribution < 1.29 is 9.47 Å². The average Bonchev–Trinajstić information content (AvgIpc) is 2.93. The quantitative estimate of drug-likeness (QED) is 0.771. The van der Waals surface area contributed by atoms with Crippen molar-refractivity contribution in [2.45, 2.75) is 11.8 Å². The van der Waals surface area contributed by atoms with Crippen LogP contribution in [0.25, 0.3) is 0 Å². The first-order valence-corrected chi connectivity index (χ1v) is 7.23. The third-order valence-corrected chi connectivity index (χ3v) is 4.20. The van der Waals surface area contributed by atoms with Gasteiger partial charge < -0.3 is 9.47 Å². The molecule has 0 fully saturated rings. The highest BCUT2D eigenvalue weighted by Gasteiger charge is 2.19. The van der Waals surface area contributed by atoms with Crippen LogP contribution in [-0.4, -0.2) is 13.7 Å². The van der Waals surface area contributed by atoms with Crippen LogP contribution in [0.2, 0.25) is 5.02 Å². The molecule has 2 nitrogen and oxygen atoms in total.